The van der Waals surface area contributed by atoms with Gasteiger partial charge in [0.05, 0.1) is 15.8 Å². The van der Waals surface area contributed by atoms with Gasteiger partial charge in [0.25, 0.3) is 0 Å². The Morgan fingerprint density at radius 2 is 1.79 bits per heavy atom. The second-order valence-corrected chi connectivity index (χ2v) is 6.80. The summed E-state index contributed by atoms with van der Waals surface area (Å²) in [6.45, 7) is 0. The van der Waals surface area contributed by atoms with Gasteiger partial charge >= 0.3 is 5.03 Å². The van der Waals surface area contributed by atoms with Crippen LogP contribution in [0.4, 0.5) is 0 Å². The van der Waals surface area contributed by atoms with E-state index in [1.54, 1.807) is 30.3 Å². The van der Waals surface area contributed by atoms with Crippen molar-refractivity contribution in [1.82, 2.24) is 0 Å². The lowest BCUT2D eigenvalue weighted by molar-refractivity contribution is -0.933. The summed E-state index contributed by atoms with van der Waals surface area (Å²) in [5.74, 6) is -0.0472. The second kappa shape index (κ2) is 5.56. The Labute approximate surface area is 122 Å². The highest BCUT2D eigenvalue weighted by atomic mass is 35.5. The van der Waals surface area contributed by atoms with Crippen LogP contribution < -0.4 is 4.73 Å². The summed E-state index contributed by atoms with van der Waals surface area (Å²) >= 11 is 11.7. The van der Waals surface area contributed by atoms with Crippen molar-refractivity contribution in [3.8, 4) is 0 Å². The Kier molecular flexibility index (Phi) is 4.23. The van der Waals surface area contributed by atoms with Crippen molar-refractivity contribution in [2.45, 2.75) is 10.8 Å². The van der Waals surface area contributed by atoms with E-state index >= 15 is 0 Å². The maximum absolute atomic E-state index is 10.2. The summed E-state index contributed by atoms with van der Waals surface area (Å²) in [5.41, 5.74) is 0.623. The first-order valence-corrected chi connectivity index (χ1v) is 7.77. The Hall–Kier alpha value is -0.980. The predicted octanol–water partition coefficient (Wildman–Crippen LogP) is 3.83. The Morgan fingerprint density at radius 3 is 2.42 bits per heavy atom. The molecule has 4 nitrogen and oxygen atoms in total. The molecule has 0 spiro atoms. The SMILES string of the molecule is O[n+]1ccccc1S(O)(O)Cc1ccc(Cl)c(Cl)c1. The molecule has 0 fully saturated rings. The number of hydrogen-bond acceptors (Lipinski definition) is 3. The van der Waals surface area contributed by atoms with E-state index in [0.717, 1.165) is 0 Å². The van der Waals surface area contributed by atoms with E-state index in [1.807, 2.05) is 0 Å². The van der Waals surface area contributed by atoms with Gasteiger partial charge in [-0.2, -0.15) is 0 Å². The van der Waals surface area contributed by atoms with Crippen LogP contribution in [0.3, 0.4) is 0 Å². The molecule has 3 N–H and O–H groups in total. The summed E-state index contributed by atoms with van der Waals surface area (Å²) < 4.78 is 21.0. The first-order valence-electron chi connectivity index (χ1n) is 5.30. The van der Waals surface area contributed by atoms with Crippen molar-refractivity contribution < 1.29 is 19.0 Å². The molecular formula is C12H12Cl2NO3S+. The summed E-state index contributed by atoms with van der Waals surface area (Å²) in [5, 5.41) is 10.4. The van der Waals surface area contributed by atoms with Gasteiger partial charge in [-0.3, -0.25) is 14.3 Å². The van der Waals surface area contributed by atoms with Crippen LogP contribution in [0.2, 0.25) is 10.0 Å². The van der Waals surface area contributed by atoms with E-state index < -0.39 is 10.6 Å². The highest BCUT2D eigenvalue weighted by molar-refractivity contribution is 8.23. The van der Waals surface area contributed by atoms with Crippen molar-refractivity contribution in [2.24, 2.45) is 0 Å². The van der Waals surface area contributed by atoms with Crippen molar-refractivity contribution >= 4 is 33.8 Å². The highest BCUT2D eigenvalue weighted by Crippen LogP contribution is 2.49. The zero-order valence-electron chi connectivity index (χ0n) is 9.70. The molecule has 1 aromatic carbocycles. The molecule has 1 heterocycles. The van der Waals surface area contributed by atoms with Gasteiger partial charge in [-0.25, -0.2) is 0 Å². The fourth-order valence-corrected chi connectivity index (χ4v) is 3.38. The molecule has 0 amide bonds. The Morgan fingerprint density at radius 1 is 1.05 bits per heavy atom. The van der Waals surface area contributed by atoms with E-state index in [1.165, 1.54) is 12.3 Å². The maximum atomic E-state index is 10.2. The van der Waals surface area contributed by atoms with E-state index in [-0.39, 0.29) is 10.8 Å². The van der Waals surface area contributed by atoms with Gasteiger partial charge in [-0.15, -0.1) is 10.6 Å². The van der Waals surface area contributed by atoms with Crippen LogP contribution in [0, 0.1) is 0 Å². The number of nitrogens with zero attached hydrogens (tertiary/aromatic N) is 1. The molecular weight excluding hydrogens is 309 g/mol. The number of rotatable bonds is 3. The van der Waals surface area contributed by atoms with Crippen molar-refractivity contribution in [3.05, 3.63) is 58.2 Å². The van der Waals surface area contributed by atoms with Gasteiger partial charge in [0.2, 0.25) is 6.20 Å². The minimum Gasteiger partial charge on any atom is -0.290 e. The summed E-state index contributed by atoms with van der Waals surface area (Å²) in [7, 11) is -3.16. The average molecular weight is 321 g/mol. The fourth-order valence-electron chi connectivity index (χ4n) is 1.61. The monoisotopic (exact) mass is 320 g/mol. The molecule has 0 aliphatic heterocycles. The third-order valence-corrected chi connectivity index (χ3v) is 4.96. The van der Waals surface area contributed by atoms with Crippen LogP contribution in [0.15, 0.2) is 47.6 Å². The normalized spacial score (nSPS) is 12.4. The predicted molar refractivity (Wildman–Crippen MR) is 75.1 cm³/mol. The number of pyridine rings is 1. The number of aromatic nitrogens is 1. The van der Waals surface area contributed by atoms with Crippen LogP contribution in [-0.4, -0.2) is 14.3 Å². The van der Waals surface area contributed by atoms with Gasteiger partial charge in [0.15, 0.2) is 0 Å². The van der Waals surface area contributed by atoms with Gasteiger partial charge in [-0.1, -0.05) is 29.3 Å². The molecule has 7 heteroatoms. The molecule has 0 radical (unpaired) electrons. The molecule has 0 saturated carbocycles. The lowest BCUT2D eigenvalue weighted by Crippen LogP contribution is -2.35. The molecule has 0 aliphatic rings. The first-order chi connectivity index (χ1) is 8.90. The van der Waals surface area contributed by atoms with E-state index in [2.05, 4.69) is 0 Å². The van der Waals surface area contributed by atoms with E-state index in [4.69, 9.17) is 23.2 Å². The molecule has 0 aliphatic carbocycles. The largest absolute Gasteiger partial charge is 0.344 e. The van der Waals surface area contributed by atoms with E-state index in [9.17, 15) is 14.3 Å². The highest BCUT2D eigenvalue weighted by Gasteiger charge is 2.27. The summed E-state index contributed by atoms with van der Waals surface area (Å²) in [6, 6.07) is 9.47. The van der Waals surface area contributed by atoms with Crippen LogP contribution in [0.1, 0.15) is 5.56 Å². The smallest absolute Gasteiger partial charge is 0.290 e. The molecule has 2 aromatic rings. The molecule has 0 unspecified atom stereocenters. The van der Waals surface area contributed by atoms with Gasteiger partial charge in [0, 0.05) is 16.9 Å². The number of benzene rings is 1. The average Bonchev–Trinajstić information content (AvgIpc) is 2.34. The lowest BCUT2D eigenvalue weighted by Gasteiger charge is -2.27. The summed E-state index contributed by atoms with van der Waals surface area (Å²) in [4.78, 5) is 0. The molecule has 19 heavy (non-hydrogen) atoms. The van der Waals surface area contributed by atoms with Gasteiger partial charge < -0.3 is 0 Å². The quantitative estimate of drug-likeness (QED) is 0.595. The first kappa shape index (κ1) is 14.4. The fraction of sp³-hybridized carbons (Fsp3) is 0.0833. The van der Waals surface area contributed by atoms with Gasteiger partial charge in [-0.05, 0) is 23.8 Å². The van der Waals surface area contributed by atoms with Gasteiger partial charge in [0.1, 0.15) is 0 Å². The third kappa shape index (κ3) is 3.32. The Balaban J connectivity index is 2.31. The zero-order chi connectivity index (χ0) is 14.0. The van der Waals surface area contributed by atoms with Crippen LogP contribution in [0.5, 0.6) is 0 Å². The van der Waals surface area contributed by atoms with Crippen molar-refractivity contribution in [2.75, 3.05) is 0 Å². The lowest BCUT2D eigenvalue weighted by atomic mass is 10.2. The molecule has 0 bridgehead atoms. The maximum Gasteiger partial charge on any atom is 0.344 e. The zero-order valence-corrected chi connectivity index (χ0v) is 12.0. The van der Waals surface area contributed by atoms with Crippen LogP contribution in [-0.2, 0) is 5.75 Å². The molecule has 0 atom stereocenters. The van der Waals surface area contributed by atoms with Crippen molar-refractivity contribution in [3.63, 3.8) is 0 Å². The summed E-state index contributed by atoms with van der Waals surface area (Å²) in [6.07, 6.45) is 1.33. The molecule has 102 valence electrons. The number of hydrogen-bond donors (Lipinski definition) is 3. The minimum absolute atomic E-state index is 0.0427. The molecule has 0 saturated heterocycles. The molecule has 1 aromatic heterocycles. The third-order valence-electron chi connectivity index (χ3n) is 2.49. The molecule has 2 rings (SSSR count). The van der Waals surface area contributed by atoms with Crippen molar-refractivity contribution in [1.29, 1.82) is 0 Å². The number of halogens is 2. The Bertz CT molecular complexity index is 607. The van der Waals surface area contributed by atoms with Crippen LogP contribution >= 0.6 is 33.8 Å². The topological polar surface area (TPSA) is 64.6 Å². The minimum atomic E-state index is -3.16. The standard InChI is InChI=1S/C12H11Cl2NO3S/c13-10-5-4-9(7-11(10)14)8-19(17,18)12-3-1-2-6-15(12)16/h1-7H,8H2,(H2-,16,17,18)/p+1. The van der Waals surface area contributed by atoms with Crippen LogP contribution in [0.25, 0.3) is 0 Å². The second-order valence-electron chi connectivity index (χ2n) is 3.94. The van der Waals surface area contributed by atoms with E-state index in [0.29, 0.717) is 20.3 Å².